The lowest BCUT2D eigenvalue weighted by molar-refractivity contribution is -0.114. The quantitative estimate of drug-likeness (QED) is 0.769. The minimum Gasteiger partial charge on any atom is -0.478 e. The Hall–Kier alpha value is -1.92. The van der Waals surface area contributed by atoms with Gasteiger partial charge in [-0.05, 0) is 44.8 Å². The molecule has 0 spiro atoms. The van der Waals surface area contributed by atoms with Crippen LogP contribution in [0.4, 0.5) is 5.69 Å². The van der Waals surface area contributed by atoms with E-state index in [1.807, 2.05) is 7.05 Å². The maximum atomic E-state index is 10.6. The van der Waals surface area contributed by atoms with E-state index in [1.165, 1.54) is 19.1 Å². The number of hydrogen-bond donors (Lipinski definition) is 3. The number of carboxylic acid groups (broad SMARTS) is 1. The van der Waals surface area contributed by atoms with Crippen molar-refractivity contribution < 1.29 is 19.8 Å². The van der Waals surface area contributed by atoms with Crippen LogP contribution in [0.25, 0.3) is 0 Å². The summed E-state index contributed by atoms with van der Waals surface area (Å²) in [6, 6.07) is 5.97. The van der Waals surface area contributed by atoms with Crippen molar-refractivity contribution >= 4 is 17.6 Å². The molecule has 118 valence electrons. The average Bonchev–Trinajstić information content (AvgIpc) is 2.38. The van der Waals surface area contributed by atoms with Crippen LogP contribution < -0.4 is 5.32 Å². The molecule has 1 unspecified atom stereocenters. The molecular weight excluding hydrogens is 272 g/mol. The molecule has 1 atom stereocenters. The number of nitrogens with one attached hydrogen (secondary N) is 1. The summed E-state index contributed by atoms with van der Waals surface area (Å²) in [5.74, 6) is -1.16. The van der Waals surface area contributed by atoms with E-state index in [-0.39, 0.29) is 17.6 Å². The Balaban J connectivity index is 0.000000433. The average molecular weight is 296 g/mol. The van der Waals surface area contributed by atoms with Gasteiger partial charge in [-0.15, -0.1) is 0 Å². The molecule has 1 amide bonds. The molecule has 6 nitrogen and oxygen atoms in total. The number of anilines is 1. The van der Waals surface area contributed by atoms with E-state index < -0.39 is 5.97 Å². The maximum absolute atomic E-state index is 10.6. The SMILES string of the molecule is CC(=O)Nc1ccc(C(=O)O)cc1.CCN(C)CC(C)O. The van der Waals surface area contributed by atoms with Crippen molar-refractivity contribution in [3.05, 3.63) is 29.8 Å². The maximum Gasteiger partial charge on any atom is 0.335 e. The molecule has 21 heavy (non-hydrogen) atoms. The van der Waals surface area contributed by atoms with Gasteiger partial charge in [0.2, 0.25) is 5.91 Å². The molecule has 6 heteroatoms. The lowest BCUT2D eigenvalue weighted by Crippen LogP contribution is -2.26. The second-order valence-electron chi connectivity index (χ2n) is 4.77. The number of aromatic carboxylic acids is 1. The standard InChI is InChI=1S/C9H9NO3.C6H15NO/c1-6(11)10-8-4-2-7(3-5-8)9(12)13;1-4-7(3)5-6(2)8/h2-5H,1H3,(H,10,11)(H,12,13);6,8H,4-5H2,1-3H3. The van der Waals surface area contributed by atoms with E-state index in [9.17, 15) is 9.59 Å². The minimum absolute atomic E-state index is 0.178. The number of hydrogen-bond acceptors (Lipinski definition) is 4. The minimum atomic E-state index is -0.977. The highest BCUT2D eigenvalue weighted by Crippen LogP contribution is 2.08. The van der Waals surface area contributed by atoms with Crippen molar-refractivity contribution in [2.75, 3.05) is 25.5 Å². The molecule has 0 aromatic heterocycles. The van der Waals surface area contributed by atoms with Gasteiger partial charge in [-0.25, -0.2) is 4.79 Å². The van der Waals surface area contributed by atoms with Crippen LogP contribution in [-0.4, -0.2) is 53.2 Å². The smallest absolute Gasteiger partial charge is 0.335 e. The molecule has 0 aliphatic carbocycles. The summed E-state index contributed by atoms with van der Waals surface area (Å²) in [6.07, 6.45) is -0.194. The van der Waals surface area contributed by atoms with Crippen LogP contribution in [0.2, 0.25) is 0 Å². The fourth-order valence-electron chi connectivity index (χ4n) is 1.48. The van der Waals surface area contributed by atoms with Gasteiger partial charge in [0.25, 0.3) is 0 Å². The van der Waals surface area contributed by atoms with Crippen LogP contribution in [0.1, 0.15) is 31.1 Å². The van der Waals surface area contributed by atoms with E-state index in [4.69, 9.17) is 10.2 Å². The van der Waals surface area contributed by atoms with Gasteiger partial charge in [-0.2, -0.15) is 0 Å². The predicted molar refractivity (Wildman–Crippen MR) is 82.6 cm³/mol. The highest BCUT2D eigenvalue weighted by Gasteiger charge is 2.01. The zero-order valence-electron chi connectivity index (χ0n) is 13.0. The number of likely N-dealkylation sites (N-methyl/N-ethyl adjacent to an activating group) is 1. The van der Waals surface area contributed by atoms with Crippen molar-refractivity contribution in [3.63, 3.8) is 0 Å². The summed E-state index contributed by atoms with van der Waals surface area (Å²) in [7, 11) is 1.99. The number of nitrogens with zero attached hydrogens (tertiary/aromatic N) is 1. The van der Waals surface area contributed by atoms with Crippen molar-refractivity contribution in [1.82, 2.24) is 4.90 Å². The molecule has 0 aliphatic heterocycles. The highest BCUT2D eigenvalue weighted by molar-refractivity contribution is 5.91. The van der Waals surface area contributed by atoms with E-state index >= 15 is 0 Å². The molecule has 0 radical (unpaired) electrons. The molecule has 1 aromatic rings. The Morgan fingerprint density at radius 2 is 1.81 bits per heavy atom. The third kappa shape index (κ3) is 9.59. The number of aliphatic hydroxyl groups excluding tert-OH is 1. The van der Waals surface area contributed by atoms with Crippen LogP contribution >= 0.6 is 0 Å². The topological polar surface area (TPSA) is 89.9 Å². The summed E-state index contributed by atoms with van der Waals surface area (Å²) < 4.78 is 0. The van der Waals surface area contributed by atoms with Crippen molar-refractivity contribution in [2.24, 2.45) is 0 Å². The molecule has 3 N–H and O–H groups in total. The second-order valence-corrected chi connectivity index (χ2v) is 4.77. The second kappa shape index (κ2) is 9.90. The Kier molecular flexibility index (Phi) is 9.00. The first-order chi connectivity index (χ1) is 9.76. The molecule has 0 saturated heterocycles. The first-order valence-corrected chi connectivity index (χ1v) is 6.73. The van der Waals surface area contributed by atoms with Crippen molar-refractivity contribution in [2.45, 2.75) is 26.9 Å². The Labute approximate surface area is 125 Å². The monoisotopic (exact) mass is 296 g/mol. The first kappa shape index (κ1) is 19.1. The number of rotatable bonds is 5. The molecule has 0 bridgehead atoms. The highest BCUT2D eigenvalue weighted by atomic mass is 16.4. The van der Waals surface area contributed by atoms with Crippen LogP contribution in [0.3, 0.4) is 0 Å². The van der Waals surface area contributed by atoms with Crippen LogP contribution in [-0.2, 0) is 4.79 Å². The number of carbonyl (C=O) groups excluding carboxylic acids is 1. The molecule has 0 aliphatic rings. The summed E-state index contributed by atoms with van der Waals surface area (Å²) in [6.45, 7) is 7.04. The molecule has 0 fully saturated rings. The van der Waals surface area contributed by atoms with Gasteiger partial charge in [-0.1, -0.05) is 6.92 Å². The zero-order chi connectivity index (χ0) is 16.4. The first-order valence-electron chi connectivity index (χ1n) is 6.73. The number of aliphatic hydroxyl groups is 1. The zero-order valence-corrected chi connectivity index (χ0v) is 13.0. The number of benzene rings is 1. The summed E-state index contributed by atoms with van der Waals surface area (Å²) in [5, 5.41) is 19.9. The summed E-state index contributed by atoms with van der Waals surface area (Å²) >= 11 is 0. The van der Waals surface area contributed by atoms with Gasteiger partial charge >= 0.3 is 5.97 Å². The lowest BCUT2D eigenvalue weighted by Gasteiger charge is -2.14. The van der Waals surface area contributed by atoms with E-state index in [1.54, 1.807) is 19.1 Å². The largest absolute Gasteiger partial charge is 0.478 e. The van der Waals surface area contributed by atoms with E-state index in [0.29, 0.717) is 5.69 Å². The normalized spacial score (nSPS) is 11.3. The molecule has 0 heterocycles. The van der Waals surface area contributed by atoms with Gasteiger partial charge in [0.05, 0.1) is 11.7 Å². The fraction of sp³-hybridized carbons (Fsp3) is 0.467. The summed E-state index contributed by atoms with van der Waals surface area (Å²) in [4.78, 5) is 23.1. The van der Waals surface area contributed by atoms with Gasteiger partial charge < -0.3 is 20.4 Å². The van der Waals surface area contributed by atoms with E-state index in [2.05, 4.69) is 17.1 Å². The molecule has 1 aromatic carbocycles. The van der Waals surface area contributed by atoms with Crippen molar-refractivity contribution in [3.8, 4) is 0 Å². The predicted octanol–water partition coefficient (Wildman–Crippen LogP) is 1.66. The van der Waals surface area contributed by atoms with Crippen LogP contribution in [0.15, 0.2) is 24.3 Å². The van der Waals surface area contributed by atoms with E-state index in [0.717, 1.165) is 13.1 Å². The number of carbonyl (C=O) groups is 2. The summed E-state index contributed by atoms with van der Waals surface area (Å²) in [5.41, 5.74) is 0.798. The number of carboxylic acids is 1. The van der Waals surface area contributed by atoms with Crippen LogP contribution in [0, 0.1) is 0 Å². The Morgan fingerprint density at radius 1 is 1.29 bits per heavy atom. The van der Waals surface area contributed by atoms with Gasteiger partial charge in [0, 0.05) is 19.2 Å². The molecule has 1 rings (SSSR count). The molecule has 0 saturated carbocycles. The van der Waals surface area contributed by atoms with Crippen LogP contribution in [0.5, 0.6) is 0 Å². The van der Waals surface area contributed by atoms with Gasteiger partial charge in [-0.3, -0.25) is 4.79 Å². The fourth-order valence-corrected chi connectivity index (χ4v) is 1.48. The Bertz CT molecular complexity index is 443. The van der Waals surface area contributed by atoms with Gasteiger partial charge in [0.1, 0.15) is 0 Å². The molecular formula is C15H24N2O4. The lowest BCUT2D eigenvalue weighted by atomic mass is 10.2. The van der Waals surface area contributed by atoms with Crippen molar-refractivity contribution in [1.29, 1.82) is 0 Å². The number of amides is 1. The third-order valence-corrected chi connectivity index (χ3v) is 2.57. The van der Waals surface area contributed by atoms with Gasteiger partial charge in [0.15, 0.2) is 0 Å². The Morgan fingerprint density at radius 3 is 2.10 bits per heavy atom. The third-order valence-electron chi connectivity index (χ3n) is 2.57.